The minimum absolute atomic E-state index is 0.0211. The fraction of sp³-hybridized carbons (Fsp3) is 0.545. The predicted octanol–water partition coefficient (Wildman–Crippen LogP) is 1.53. The quantitative estimate of drug-likeness (QED) is 0.732. The molecule has 2 heterocycles. The molecule has 0 aromatic carbocycles. The summed E-state index contributed by atoms with van der Waals surface area (Å²) in [5.74, 6) is 0. The molecule has 76 valence electrons. The Balaban J connectivity index is 2.20. The first kappa shape index (κ1) is 9.46. The van der Waals surface area contributed by atoms with Crippen LogP contribution in [0.2, 0.25) is 0 Å². The van der Waals surface area contributed by atoms with Crippen molar-refractivity contribution in [2.24, 2.45) is 0 Å². The molecule has 0 radical (unpaired) electrons. The van der Waals surface area contributed by atoms with Crippen LogP contribution in [0, 0.1) is 0 Å². The Morgan fingerprint density at radius 2 is 2.29 bits per heavy atom. The van der Waals surface area contributed by atoms with Crippen molar-refractivity contribution in [3.63, 3.8) is 0 Å². The standard InChI is InChI=1S/C11H16N2O/c1-13-7-3-2-4-10(13)9-5-6-11(14)12-8-9/h5-6,8,10H,2-4,7H2,1H3,(H,12,14)/t10-/m0/s1. The maximum Gasteiger partial charge on any atom is 0.247 e. The van der Waals surface area contributed by atoms with Crippen LogP contribution in [-0.2, 0) is 0 Å². The molecule has 0 unspecified atom stereocenters. The number of hydrogen-bond acceptors (Lipinski definition) is 2. The fourth-order valence-corrected chi connectivity index (χ4v) is 2.13. The molecule has 0 amide bonds. The van der Waals surface area contributed by atoms with E-state index in [0.717, 1.165) is 6.54 Å². The molecule has 1 aliphatic heterocycles. The van der Waals surface area contributed by atoms with Gasteiger partial charge in [0.2, 0.25) is 5.56 Å². The van der Waals surface area contributed by atoms with Gasteiger partial charge in [-0.1, -0.05) is 12.5 Å². The van der Waals surface area contributed by atoms with E-state index in [2.05, 4.69) is 16.9 Å². The number of aromatic amines is 1. The minimum atomic E-state index is -0.0211. The summed E-state index contributed by atoms with van der Waals surface area (Å²) < 4.78 is 0. The van der Waals surface area contributed by atoms with E-state index in [1.54, 1.807) is 6.07 Å². The van der Waals surface area contributed by atoms with Gasteiger partial charge in [0.25, 0.3) is 0 Å². The molecule has 3 nitrogen and oxygen atoms in total. The number of H-pyrrole nitrogens is 1. The molecule has 1 fully saturated rings. The lowest BCUT2D eigenvalue weighted by Crippen LogP contribution is -2.29. The highest BCUT2D eigenvalue weighted by Crippen LogP contribution is 2.28. The molecule has 1 saturated heterocycles. The summed E-state index contributed by atoms with van der Waals surface area (Å²) in [6.45, 7) is 1.16. The number of nitrogens with zero attached hydrogens (tertiary/aromatic N) is 1. The van der Waals surface area contributed by atoms with Gasteiger partial charge in [-0.05, 0) is 32.0 Å². The van der Waals surface area contributed by atoms with Crippen LogP contribution in [0.5, 0.6) is 0 Å². The van der Waals surface area contributed by atoms with E-state index in [1.807, 2.05) is 12.3 Å². The number of nitrogens with one attached hydrogen (secondary N) is 1. The van der Waals surface area contributed by atoms with Crippen molar-refractivity contribution < 1.29 is 0 Å². The molecule has 1 N–H and O–H groups in total. The number of aromatic nitrogens is 1. The van der Waals surface area contributed by atoms with Crippen molar-refractivity contribution >= 4 is 0 Å². The van der Waals surface area contributed by atoms with E-state index in [4.69, 9.17) is 0 Å². The number of likely N-dealkylation sites (tertiary alicyclic amines) is 1. The van der Waals surface area contributed by atoms with Crippen LogP contribution < -0.4 is 5.56 Å². The first-order valence-corrected chi connectivity index (χ1v) is 5.16. The highest BCUT2D eigenvalue weighted by molar-refractivity contribution is 5.14. The SMILES string of the molecule is CN1CCCC[C@H]1c1ccc(=O)[nH]c1. The Hall–Kier alpha value is -1.09. The lowest BCUT2D eigenvalue weighted by atomic mass is 9.97. The molecule has 0 spiro atoms. The van der Waals surface area contributed by atoms with Crippen LogP contribution >= 0.6 is 0 Å². The summed E-state index contributed by atoms with van der Waals surface area (Å²) >= 11 is 0. The van der Waals surface area contributed by atoms with Crippen LogP contribution in [0.15, 0.2) is 23.1 Å². The van der Waals surface area contributed by atoms with E-state index < -0.39 is 0 Å². The fourth-order valence-electron chi connectivity index (χ4n) is 2.13. The number of pyridine rings is 1. The molecular weight excluding hydrogens is 176 g/mol. The van der Waals surface area contributed by atoms with Crippen LogP contribution in [-0.4, -0.2) is 23.5 Å². The highest BCUT2D eigenvalue weighted by atomic mass is 16.1. The zero-order valence-corrected chi connectivity index (χ0v) is 8.49. The summed E-state index contributed by atoms with van der Waals surface area (Å²) in [5, 5.41) is 0. The third-order valence-electron chi connectivity index (χ3n) is 2.96. The number of piperidine rings is 1. The lowest BCUT2D eigenvalue weighted by Gasteiger charge is -2.32. The van der Waals surface area contributed by atoms with Gasteiger partial charge in [0, 0.05) is 18.3 Å². The summed E-state index contributed by atoms with van der Waals surface area (Å²) in [6, 6.07) is 4.03. The van der Waals surface area contributed by atoms with Crippen molar-refractivity contribution in [1.82, 2.24) is 9.88 Å². The maximum atomic E-state index is 10.9. The zero-order valence-electron chi connectivity index (χ0n) is 8.49. The third-order valence-corrected chi connectivity index (χ3v) is 2.96. The smallest absolute Gasteiger partial charge is 0.247 e. The molecule has 0 aliphatic carbocycles. The van der Waals surface area contributed by atoms with Crippen LogP contribution in [0.25, 0.3) is 0 Å². The first-order chi connectivity index (χ1) is 6.77. The van der Waals surface area contributed by atoms with Gasteiger partial charge in [0.05, 0.1) is 0 Å². The van der Waals surface area contributed by atoms with E-state index in [0.29, 0.717) is 6.04 Å². The van der Waals surface area contributed by atoms with Crippen LogP contribution in [0.3, 0.4) is 0 Å². The van der Waals surface area contributed by atoms with Gasteiger partial charge in [-0.3, -0.25) is 9.69 Å². The Morgan fingerprint density at radius 1 is 1.43 bits per heavy atom. The molecule has 0 saturated carbocycles. The molecule has 1 aliphatic rings. The maximum absolute atomic E-state index is 10.9. The second-order valence-electron chi connectivity index (χ2n) is 3.98. The van der Waals surface area contributed by atoms with Crippen molar-refractivity contribution in [3.05, 3.63) is 34.2 Å². The Bertz CT molecular complexity index is 338. The summed E-state index contributed by atoms with van der Waals surface area (Å²) in [4.78, 5) is 16.0. The van der Waals surface area contributed by atoms with Gasteiger partial charge in [0.1, 0.15) is 0 Å². The minimum Gasteiger partial charge on any atom is -0.329 e. The molecule has 3 heteroatoms. The van der Waals surface area contributed by atoms with Crippen molar-refractivity contribution in [2.45, 2.75) is 25.3 Å². The third kappa shape index (κ3) is 1.87. The molecule has 1 atom stereocenters. The average Bonchev–Trinajstić information content (AvgIpc) is 2.20. The molecule has 14 heavy (non-hydrogen) atoms. The molecule has 1 aromatic heterocycles. The molecule has 2 rings (SSSR count). The summed E-state index contributed by atoms with van der Waals surface area (Å²) in [6.07, 6.45) is 5.61. The van der Waals surface area contributed by atoms with Gasteiger partial charge < -0.3 is 4.98 Å². The summed E-state index contributed by atoms with van der Waals surface area (Å²) in [7, 11) is 2.15. The van der Waals surface area contributed by atoms with Gasteiger partial charge in [-0.2, -0.15) is 0 Å². The van der Waals surface area contributed by atoms with Crippen molar-refractivity contribution in [2.75, 3.05) is 13.6 Å². The topological polar surface area (TPSA) is 36.1 Å². The second kappa shape index (κ2) is 3.96. The second-order valence-corrected chi connectivity index (χ2v) is 3.98. The summed E-state index contributed by atoms with van der Waals surface area (Å²) in [5.41, 5.74) is 1.21. The Kier molecular flexibility index (Phi) is 2.68. The van der Waals surface area contributed by atoms with Gasteiger partial charge in [-0.15, -0.1) is 0 Å². The molecule has 0 bridgehead atoms. The first-order valence-electron chi connectivity index (χ1n) is 5.16. The predicted molar refractivity (Wildman–Crippen MR) is 56.3 cm³/mol. The highest BCUT2D eigenvalue weighted by Gasteiger charge is 2.20. The van der Waals surface area contributed by atoms with Crippen molar-refractivity contribution in [3.8, 4) is 0 Å². The van der Waals surface area contributed by atoms with Gasteiger partial charge in [-0.25, -0.2) is 0 Å². The molecule has 1 aromatic rings. The van der Waals surface area contributed by atoms with E-state index in [-0.39, 0.29) is 5.56 Å². The lowest BCUT2D eigenvalue weighted by molar-refractivity contribution is 0.187. The van der Waals surface area contributed by atoms with Gasteiger partial charge >= 0.3 is 0 Å². The van der Waals surface area contributed by atoms with Gasteiger partial charge in [0.15, 0.2) is 0 Å². The Labute approximate surface area is 83.8 Å². The molecular formula is C11H16N2O. The van der Waals surface area contributed by atoms with E-state index in [9.17, 15) is 4.79 Å². The number of rotatable bonds is 1. The number of hydrogen-bond donors (Lipinski definition) is 1. The van der Waals surface area contributed by atoms with Crippen LogP contribution in [0.4, 0.5) is 0 Å². The normalized spacial score (nSPS) is 23.6. The largest absolute Gasteiger partial charge is 0.329 e. The average molecular weight is 192 g/mol. The zero-order chi connectivity index (χ0) is 9.97. The van der Waals surface area contributed by atoms with Crippen LogP contribution in [0.1, 0.15) is 30.9 Å². The Morgan fingerprint density at radius 3 is 2.93 bits per heavy atom. The van der Waals surface area contributed by atoms with Crippen molar-refractivity contribution in [1.29, 1.82) is 0 Å². The monoisotopic (exact) mass is 192 g/mol. The van der Waals surface area contributed by atoms with E-state index >= 15 is 0 Å². The van der Waals surface area contributed by atoms with E-state index in [1.165, 1.54) is 24.8 Å².